The van der Waals surface area contributed by atoms with E-state index in [4.69, 9.17) is 14.7 Å². The second-order valence-electron chi connectivity index (χ2n) is 9.39. The number of ether oxygens (including phenoxy) is 1. The molecule has 34 heavy (non-hydrogen) atoms. The predicted octanol–water partition coefficient (Wildman–Crippen LogP) is 3.71. The van der Waals surface area contributed by atoms with Gasteiger partial charge in [0.2, 0.25) is 0 Å². The third kappa shape index (κ3) is 4.79. The van der Waals surface area contributed by atoms with Gasteiger partial charge in [0.1, 0.15) is 5.82 Å². The lowest BCUT2D eigenvalue weighted by Gasteiger charge is -2.27. The molecule has 9 heteroatoms. The van der Waals surface area contributed by atoms with Crippen LogP contribution in [0.3, 0.4) is 0 Å². The molecule has 0 unspecified atom stereocenters. The van der Waals surface area contributed by atoms with Crippen LogP contribution in [0.5, 0.6) is 0 Å². The Kier molecular flexibility index (Phi) is 6.17. The summed E-state index contributed by atoms with van der Waals surface area (Å²) in [5.41, 5.74) is 5.11. The van der Waals surface area contributed by atoms with E-state index in [0.29, 0.717) is 6.42 Å². The van der Waals surface area contributed by atoms with Crippen molar-refractivity contribution in [1.82, 2.24) is 24.8 Å². The van der Waals surface area contributed by atoms with Gasteiger partial charge in [0.25, 0.3) is 0 Å². The highest BCUT2D eigenvalue weighted by molar-refractivity contribution is 7.22. The lowest BCUT2D eigenvalue weighted by molar-refractivity contribution is 0.0341. The molecular weight excluding hydrogens is 448 g/mol. The van der Waals surface area contributed by atoms with E-state index >= 15 is 0 Å². The number of thiazole rings is 1. The topological polar surface area (TPSA) is 99.2 Å². The summed E-state index contributed by atoms with van der Waals surface area (Å²) < 4.78 is 6.59. The minimum atomic E-state index is -0.285. The number of pyridine rings is 1. The Morgan fingerprint density at radius 2 is 2.00 bits per heavy atom. The lowest BCUT2D eigenvalue weighted by Crippen LogP contribution is -2.36. The van der Waals surface area contributed by atoms with Crippen LogP contribution in [0.4, 0.5) is 5.13 Å². The molecule has 4 aromatic rings. The summed E-state index contributed by atoms with van der Waals surface area (Å²) in [7, 11) is 0. The molecule has 3 aromatic heterocycles. The number of hydrogen-bond donors (Lipinski definition) is 3. The highest BCUT2D eigenvalue weighted by Crippen LogP contribution is 2.30. The van der Waals surface area contributed by atoms with Crippen molar-refractivity contribution in [3.8, 4) is 0 Å². The Labute approximate surface area is 202 Å². The highest BCUT2D eigenvalue weighted by Gasteiger charge is 2.23. The molecular formula is C25H30N6O2S. The molecule has 0 amide bonds. The molecule has 2 atom stereocenters. The number of nitrogens with zero attached hydrogens (tertiary/aromatic N) is 4. The van der Waals surface area contributed by atoms with Gasteiger partial charge in [-0.2, -0.15) is 0 Å². The summed E-state index contributed by atoms with van der Waals surface area (Å²) in [6.45, 7) is 4.41. The molecule has 2 aliphatic rings. The number of nitrogens with one attached hydrogen (secondary N) is 2. The van der Waals surface area contributed by atoms with Gasteiger partial charge < -0.3 is 20.1 Å². The van der Waals surface area contributed by atoms with Gasteiger partial charge in [0.15, 0.2) is 10.8 Å². The quantitative estimate of drug-likeness (QED) is 0.389. The van der Waals surface area contributed by atoms with Gasteiger partial charge in [-0.25, -0.2) is 15.0 Å². The van der Waals surface area contributed by atoms with E-state index in [1.807, 2.05) is 6.20 Å². The fourth-order valence-corrected chi connectivity index (χ4v) is 5.94. The summed E-state index contributed by atoms with van der Waals surface area (Å²) in [5, 5.41) is 14.6. The van der Waals surface area contributed by atoms with E-state index in [1.165, 1.54) is 11.1 Å². The maximum absolute atomic E-state index is 10.3. The smallest absolute Gasteiger partial charge is 0.184 e. The summed E-state index contributed by atoms with van der Waals surface area (Å²) in [6.07, 6.45) is 6.49. The summed E-state index contributed by atoms with van der Waals surface area (Å²) in [4.78, 5) is 19.9. The van der Waals surface area contributed by atoms with Crippen molar-refractivity contribution in [2.75, 3.05) is 31.6 Å². The Bertz CT molecular complexity index is 1280. The first kappa shape index (κ1) is 21.9. The number of imidazole rings is 1. The third-order valence-electron chi connectivity index (χ3n) is 6.82. The Morgan fingerprint density at radius 3 is 2.88 bits per heavy atom. The van der Waals surface area contributed by atoms with E-state index in [0.717, 1.165) is 90.9 Å². The molecule has 1 aromatic carbocycles. The Morgan fingerprint density at radius 1 is 1.12 bits per heavy atom. The van der Waals surface area contributed by atoms with Crippen LogP contribution in [-0.4, -0.2) is 68.4 Å². The molecule has 2 fully saturated rings. The molecule has 178 valence electrons. The standard InChI is InChI=1S/C25H30N6O2S/c32-21-4-2-1-3-18(21)28-25-29-19-6-5-16(12-22(19)34-25)13-23-27-20-11-17(14-26-24(20)30-23)15-31-7-9-33-10-8-31/h5-6,11-12,14,18,21,32H,1-4,7-10,13,15H2,(H,28,29)(H,26,27,30)/t18-,21-/m1/s1. The first-order valence-corrected chi connectivity index (χ1v) is 13.0. The fraction of sp³-hybridized carbons (Fsp3) is 0.480. The maximum Gasteiger partial charge on any atom is 0.184 e. The minimum absolute atomic E-state index is 0.102. The molecule has 0 bridgehead atoms. The van der Waals surface area contributed by atoms with E-state index in [-0.39, 0.29) is 12.1 Å². The van der Waals surface area contributed by atoms with Gasteiger partial charge in [-0.1, -0.05) is 30.2 Å². The summed E-state index contributed by atoms with van der Waals surface area (Å²) in [6, 6.07) is 8.65. The number of benzene rings is 1. The van der Waals surface area contributed by atoms with Crippen LogP contribution in [0.25, 0.3) is 21.4 Å². The first-order valence-electron chi connectivity index (χ1n) is 12.2. The molecule has 0 radical (unpaired) electrons. The van der Waals surface area contributed by atoms with Crippen LogP contribution in [0.15, 0.2) is 30.5 Å². The maximum atomic E-state index is 10.3. The molecule has 8 nitrogen and oxygen atoms in total. The number of anilines is 1. The van der Waals surface area contributed by atoms with Crippen LogP contribution in [-0.2, 0) is 17.7 Å². The van der Waals surface area contributed by atoms with Crippen LogP contribution in [0.2, 0.25) is 0 Å². The van der Waals surface area contributed by atoms with Gasteiger partial charge >= 0.3 is 0 Å². The van der Waals surface area contributed by atoms with Crippen LogP contribution in [0, 0.1) is 0 Å². The van der Waals surface area contributed by atoms with Crippen molar-refractivity contribution >= 4 is 37.8 Å². The SMILES string of the molecule is O[C@@H]1CCCC[C@H]1Nc1nc2ccc(Cc3nc4ncc(CN5CCOCC5)cc4[nH]3)cc2s1. The monoisotopic (exact) mass is 478 g/mol. The Hall–Kier alpha value is -2.59. The minimum Gasteiger partial charge on any atom is -0.391 e. The Balaban J connectivity index is 1.16. The molecule has 1 aliphatic carbocycles. The lowest BCUT2D eigenvalue weighted by atomic mass is 9.93. The summed E-state index contributed by atoms with van der Waals surface area (Å²) in [5.74, 6) is 0.915. The van der Waals surface area contributed by atoms with Gasteiger partial charge in [0.05, 0.1) is 41.1 Å². The largest absolute Gasteiger partial charge is 0.391 e. The number of morpholine rings is 1. The zero-order valence-electron chi connectivity index (χ0n) is 19.2. The number of aromatic nitrogens is 4. The number of H-pyrrole nitrogens is 1. The second-order valence-corrected chi connectivity index (χ2v) is 10.4. The van der Waals surface area contributed by atoms with E-state index < -0.39 is 0 Å². The fourth-order valence-electron chi connectivity index (χ4n) is 4.95. The van der Waals surface area contributed by atoms with Gasteiger partial charge in [-0.05, 0) is 42.2 Å². The average molecular weight is 479 g/mol. The van der Waals surface area contributed by atoms with Crippen LogP contribution >= 0.6 is 11.3 Å². The normalized spacial score (nSPS) is 21.9. The van der Waals surface area contributed by atoms with Crippen LogP contribution in [0.1, 0.15) is 42.6 Å². The molecule has 1 saturated carbocycles. The van der Waals surface area contributed by atoms with E-state index in [9.17, 15) is 5.11 Å². The number of aliphatic hydroxyl groups is 1. The highest BCUT2D eigenvalue weighted by atomic mass is 32.1. The molecule has 4 heterocycles. The molecule has 6 rings (SSSR count). The van der Waals surface area contributed by atoms with Crippen molar-refractivity contribution in [2.45, 2.75) is 50.8 Å². The third-order valence-corrected chi connectivity index (χ3v) is 7.77. The van der Waals surface area contributed by atoms with E-state index in [2.05, 4.69) is 44.5 Å². The molecule has 1 saturated heterocycles. The van der Waals surface area contributed by atoms with Crippen molar-refractivity contribution < 1.29 is 9.84 Å². The second kappa shape index (κ2) is 9.58. The zero-order valence-corrected chi connectivity index (χ0v) is 20.0. The number of hydrogen-bond acceptors (Lipinski definition) is 8. The van der Waals surface area contributed by atoms with Crippen LogP contribution < -0.4 is 5.32 Å². The van der Waals surface area contributed by atoms with Crippen molar-refractivity contribution in [2.24, 2.45) is 0 Å². The summed E-state index contributed by atoms with van der Waals surface area (Å²) >= 11 is 1.65. The first-order chi connectivity index (χ1) is 16.7. The number of fused-ring (bicyclic) bond motifs is 2. The predicted molar refractivity (Wildman–Crippen MR) is 134 cm³/mol. The number of rotatable bonds is 6. The van der Waals surface area contributed by atoms with E-state index in [1.54, 1.807) is 11.3 Å². The zero-order chi connectivity index (χ0) is 22.9. The molecule has 0 spiro atoms. The molecule has 1 aliphatic heterocycles. The number of aromatic amines is 1. The van der Waals surface area contributed by atoms with Gasteiger partial charge in [-0.15, -0.1) is 0 Å². The van der Waals surface area contributed by atoms with Gasteiger partial charge in [-0.3, -0.25) is 4.90 Å². The van der Waals surface area contributed by atoms with Gasteiger partial charge in [0, 0.05) is 32.3 Å². The van der Waals surface area contributed by atoms with Crippen molar-refractivity contribution in [3.05, 3.63) is 47.4 Å². The van der Waals surface area contributed by atoms with Crippen molar-refractivity contribution in [3.63, 3.8) is 0 Å². The van der Waals surface area contributed by atoms with Crippen molar-refractivity contribution in [1.29, 1.82) is 0 Å². The average Bonchev–Trinajstić information content (AvgIpc) is 3.43. The number of aliphatic hydroxyl groups excluding tert-OH is 1. The molecule has 3 N–H and O–H groups in total.